The minimum absolute atomic E-state index is 0.0473. The maximum Gasteiger partial charge on any atom is 0.311 e. The predicted octanol–water partition coefficient (Wildman–Crippen LogP) is 1.71. The number of hydrogen-bond donors (Lipinski definition) is 1. The molecular formula is C10H14O4. The van der Waals surface area contributed by atoms with Gasteiger partial charge in [-0.15, -0.1) is 0 Å². The fourth-order valence-electron chi connectivity index (χ4n) is 1.93. The Morgan fingerprint density at radius 3 is 2.43 bits per heavy atom. The number of aliphatic carboxylic acids is 1. The Kier molecular flexibility index (Phi) is 3.28. The van der Waals surface area contributed by atoms with E-state index in [1.165, 1.54) is 0 Å². The lowest BCUT2D eigenvalue weighted by Crippen LogP contribution is -2.30. The van der Waals surface area contributed by atoms with Gasteiger partial charge in [0.1, 0.15) is 0 Å². The minimum atomic E-state index is -0.893. The zero-order valence-electron chi connectivity index (χ0n) is 7.99. The molecule has 0 aromatic rings. The second-order valence-corrected chi connectivity index (χ2v) is 3.63. The fourth-order valence-corrected chi connectivity index (χ4v) is 1.93. The molecule has 0 aromatic heterocycles. The Labute approximate surface area is 82.6 Å². The molecule has 0 aliphatic heterocycles. The zero-order valence-corrected chi connectivity index (χ0v) is 7.99. The van der Waals surface area contributed by atoms with Gasteiger partial charge < -0.3 is 9.84 Å². The van der Waals surface area contributed by atoms with Gasteiger partial charge in [-0.1, -0.05) is 19.4 Å². The number of hydrogen-bond acceptors (Lipinski definition) is 3. The van der Waals surface area contributed by atoms with Crippen LogP contribution in [0, 0.1) is 5.41 Å². The molecule has 1 saturated carbocycles. The van der Waals surface area contributed by atoms with Crippen LogP contribution < -0.4 is 0 Å². The third-order valence-corrected chi connectivity index (χ3v) is 2.71. The Morgan fingerprint density at radius 2 is 2.00 bits per heavy atom. The molecule has 0 bridgehead atoms. The van der Waals surface area contributed by atoms with Gasteiger partial charge in [-0.3, -0.25) is 9.59 Å². The van der Waals surface area contributed by atoms with Crippen molar-refractivity contribution in [2.45, 2.75) is 32.1 Å². The Hall–Kier alpha value is -1.32. The van der Waals surface area contributed by atoms with Crippen LogP contribution in [0.5, 0.6) is 0 Å². The van der Waals surface area contributed by atoms with Crippen LogP contribution in [0.2, 0.25) is 0 Å². The summed E-state index contributed by atoms with van der Waals surface area (Å²) in [7, 11) is 0. The van der Waals surface area contributed by atoms with E-state index in [2.05, 4.69) is 11.3 Å². The van der Waals surface area contributed by atoms with Crippen molar-refractivity contribution in [2.24, 2.45) is 5.41 Å². The van der Waals surface area contributed by atoms with Crippen molar-refractivity contribution in [1.82, 2.24) is 0 Å². The summed E-state index contributed by atoms with van der Waals surface area (Å²) in [5.74, 6) is -1.40. The Morgan fingerprint density at radius 1 is 1.43 bits per heavy atom. The van der Waals surface area contributed by atoms with Gasteiger partial charge in [-0.25, -0.2) is 0 Å². The van der Waals surface area contributed by atoms with Gasteiger partial charge in [0.05, 0.1) is 18.1 Å². The SMILES string of the molecule is C=COC(=O)CC1(C(=O)O)CCCC1. The molecule has 4 heteroatoms. The van der Waals surface area contributed by atoms with Crippen molar-refractivity contribution in [3.63, 3.8) is 0 Å². The number of carboxylic acids is 1. The van der Waals surface area contributed by atoms with Crippen molar-refractivity contribution in [2.75, 3.05) is 0 Å². The summed E-state index contributed by atoms with van der Waals surface area (Å²) < 4.78 is 4.54. The molecule has 0 heterocycles. The van der Waals surface area contributed by atoms with Crippen LogP contribution in [0.15, 0.2) is 12.8 Å². The summed E-state index contributed by atoms with van der Waals surface area (Å²) >= 11 is 0. The quantitative estimate of drug-likeness (QED) is 0.551. The summed E-state index contributed by atoms with van der Waals surface area (Å²) in [5, 5.41) is 9.05. The summed E-state index contributed by atoms with van der Waals surface area (Å²) in [6, 6.07) is 0. The molecule has 4 nitrogen and oxygen atoms in total. The Balaban J connectivity index is 2.64. The second-order valence-electron chi connectivity index (χ2n) is 3.63. The van der Waals surface area contributed by atoms with E-state index in [9.17, 15) is 9.59 Å². The zero-order chi connectivity index (χ0) is 10.6. The third-order valence-electron chi connectivity index (χ3n) is 2.71. The summed E-state index contributed by atoms with van der Waals surface area (Å²) in [5.41, 5.74) is -0.889. The van der Waals surface area contributed by atoms with Crippen molar-refractivity contribution in [3.05, 3.63) is 12.8 Å². The van der Waals surface area contributed by atoms with E-state index in [0.29, 0.717) is 12.8 Å². The van der Waals surface area contributed by atoms with E-state index in [4.69, 9.17) is 5.11 Å². The molecular weight excluding hydrogens is 184 g/mol. The maximum absolute atomic E-state index is 11.2. The fraction of sp³-hybridized carbons (Fsp3) is 0.600. The van der Waals surface area contributed by atoms with Gasteiger partial charge >= 0.3 is 11.9 Å². The first kappa shape index (κ1) is 10.8. The van der Waals surface area contributed by atoms with Gasteiger partial charge in [-0.2, -0.15) is 0 Å². The van der Waals surface area contributed by atoms with Crippen molar-refractivity contribution in [1.29, 1.82) is 0 Å². The lowest BCUT2D eigenvalue weighted by Gasteiger charge is -2.21. The Bertz CT molecular complexity index is 251. The lowest BCUT2D eigenvalue weighted by atomic mass is 9.83. The molecule has 1 N–H and O–H groups in total. The molecule has 1 fully saturated rings. The average molecular weight is 198 g/mol. The van der Waals surface area contributed by atoms with Crippen LogP contribution in [0.1, 0.15) is 32.1 Å². The van der Waals surface area contributed by atoms with Gasteiger partial charge in [0.15, 0.2) is 0 Å². The first-order valence-electron chi connectivity index (χ1n) is 4.64. The number of esters is 1. The topological polar surface area (TPSA) is 63.6 Å². The van der Waals surface area contributed by atoms with Gasteiger partial charge in [-0.05, 0) is 12.8 Å². The number of carboxylic acid groups (broad SMARTS) is 1. The van der Waals surface area contributed by atoms with E-state index in [0.717, 1.165) is 19.1 Å². The number of carbonyl (C=O) groups excluding carboxylic acids is 1. The highest BCUT2D eigenvalue weighted by Crippen LogP contribution is 2.41. The van der Waals surface area contributed by atoms with E-state index in [1.807, 2.05) is 0 Å². The number of carbonyl (C=O) groups is 2. The molecule has 0 radical (unpaired) electrons. The molecule has 1 rings (SSSR count). The molecule has 0 unspecified atom stereocenters. The first-order valence-corrected chi connectivity index (χ1v) is 4.64. The molecule has 0 amide bonds. The van der Waals surface area contributed by atoms with Crippen LogP contribution in [0.25, 0.3) is 0 Å². The molecule has 0 atom stereocenters. The summed E-state index contributed by atoms with van der Waals surface area (Å²) in [6.07, 6.45) is 3.85. The first-order chi connectivity index (χ1) is 6.60. The molecule has 1 aliphatic rings. The van der Waals surface area contributed by atoms with Crippen molar-refractivity contribution < 1.29 is 19.4 Å². The van der Waals surface area contributed by atoms with Crippen LogP contribution in [0.3, 0.4) is 0 Å². The lowest BCUT2D eigenvalue weighted by molar-refractivity contribution is -0.155. The standard InChI is InChI=1S/C10H14O4/c1-2-14-8(11)7-10(9(12)13)5-3-4-6-10/h2H,1,3-7H2,(H,12,13). The highest BCUT2D eigenvalue weighted by Gasteiger charge is 2.43. The average Bonchev–Trinajstić information content (AvgIpc) is 2.54. The molecule has 78 valence electrons. The molecule has 1 aliphatic carbocycles. The van der Waals surface area contributed by atoms with E-state index in [-0.39, 0.29) is 6.42 Å². The van der Waals surface area contributed by atoms with Crippen LogP contribution in [-0.4, -0.2) is 17.0 Å². The van der Waals surface area contributed by atoms with Crippen LogP contribution in [0.4, 0.5) is 0 Å². The molecule has 0 aromatic carbocycles. The van der Waals surface area contributed by atoms with Crippen LogP contribution >= 0.6 is 0 Å². The highest BCUT2D eigenvalue weighted by molar-refractivity contribution is 5.82. The van der Waals surface area contributed by atoms with E-state index < -0.39 is 17.4 Å². The summed E-state index contributed by atoms with van der Waals surface area (Å²) in [6.45, 7) is 3.25. The van der Waals surface area contributed by atoms with Crippen molar-refractivity contribution >= 4 is 11.9 Å². The van der Waals surface area contributed by atoms with Gasteiger partial charge in [0.2, 0.25) is 0 Å². The van der Waals surface area contributed by atoms with Gasteiger partial charge in [0, 0.05) is 0 Å². The third kappa shape index (κ3) is 2.13. The maximum atomic E-state index is 11.2. The highest BCUT2D eigenvalue weighted by atomic mass is 16.5. The minimum Gasteiger partial charge on any atom is -0.481 e. The van der Waals surface area contributed by atoms with Gasteiger partial charge in [0.25, 0.3) is 0 Å². The summed E-state index contributed by atoms with van der Waals surface area (Å²) in [4.78, 5) is 22.2. The largest absolute Gasteiger partial charge is 0.481 e. The smallest absolute Gasteiger partial charge is 0.311 e. The molecule has 0 spiro atoms. The second kappa shape index (κ2) is 4.26. The van der Waals surface area contributed by atoms with E-state index >= 15 is 0 Å². The number of rotatable bonds is 4. The monoisotopic (exact) mass is 198 g/mol. The molecule has 0 saturated heterocycles. The van der Waals surface area contributed by atoms with E-state index in [1.54, 1.807) is 0 Å². The predicted molar refractivity (Wildman–Crippen MR) is 49.4 cm³/mol. The van der Waals surface area contributed by atoms with Crippen molar-refractivity contribution in [3.8, 4) is 0 Å². The number of ether oxygens (including phenoxy) is 1. The van der Waals surface area contributed by atoms with Crippen LogP contribution in [-0.2, 0) is 14.3 Å². The molecule has 14 heavy (non-hydrogen) atoms. The normalized spacial score (nSPS) is 18.9.